The Bertz CT molecular complexity index is 241. The Morgan fingerprint density at radius 1 is 0.882 bits per heavy atom. The summed E-state index contributed by atoms with van der Waals surface area (Å²) < 4.78 is 0. The highest BCUT2D eigenvalue weighted by Crippen LogP contribution is 2.30. The largest absolute Gasteiger partial charge is 0.480 e. The number of aliphatic carboxylic acids is 1. The fourth-order valence-electron chi connectivity index (χ4n) is 3.54. The summed E-state index contributed by atoms with van der Waals surface area (Å²) in [6.07, 6.45) is 12.7. The third-order valence-corrected chi connectivity index (χ3v) is 4.41. The predicted octanol–water partition coefficient (Wildman–Crippen LogP) is 3.04. The van der Waals surface area contributed by atoms with E-state index in [4.69, 9.17) is 5.11 Å². The molecule has 3 nitrogen and oxygen atoms in total. The lowest BCUT2D eigenvalue weighted by molar-refractivity contribution is -0.139. The SMILES string of the molecule is O=C(O)CN(C1CCCCCC1)C1CCCC1. The van der Waals surface area contributed by atoms with E-state index in [0.717, 1.165) is 0 Å². The van der Waals surface area contributed by atoms with Crippen LogP contribution in [0.3, 0.4) is 0 Å². The van der Waals surface area contributed by atoms with Crippen LogP contribution >= 0.6 is 0 Å². The number of hydrogen-bond acceptors (Lipinski definition) is 2. The fourth-order valence-corrected chi connectivity index (χ4v) is 3.54. The third kappa shape index (κ3) is 3.70. The zero-order chi connectivity index (χ0) is 12.1. The number of nitrogens with zero attached hydrogens (tertiary/aromatic N) is 1. The van der Waals surface area contributed by atoms with Crippen molar-refractivity contribution >= 4 is 5.97 Å². The Hall–Kier alpha value is -0.570. The quantitative estimate of drug-likeness (QED) is 0.767. The monoisotopic (exact) mass is 239 g/mol. The van der Waals surface area contributed by atoms with E-state index in [1.165, 1.54) is 64.2 Å². The molecule has 0 aromatic carbocycles. The first kappa shape index (κ1) is 12.9. The molecule has 17 heavy (non-hydrogen) atoms. The molecule has 0 bridgehead atoms. The van der Waals surface area contributed by atoms with E-state index in [1.807, 2.05) is 0 Å². The van der Waals surface area contributed by atoms with Crippen LogP contribution in [0, 0.1) is 0 Å². The van der Waals surface area contributed by atoms with Gasteiger partial charge in [-0.1, -0.05) is 38.5 Å². The summed E-state index contributed by atoms with van der Waals surface area (Å²) in [6, 6.07) is 1.09. The Balaban J connectivity index is 1.98. The lowest BCUT2D eigenvalue weighted by Gasteiger charge is -2.34. The molecule has 0 atom stereocenters. The molecule has 0 saturated heterocycles. The number of rotatable bonds is 4. The van der Waals surface area contributed by atoms with E-state index in [-0.39, 0.29) is 6.54 Å². The first-order valence-corrected chi connectivity index (χ1v) is 7.25. The van der Waals surface area contributed by atoms with Crippen LogP contribution in [0.1, 0.15) is 64.2 Å². The van der Waals surface area contributed by atoms with Gasteiger partial charge in [0.1, 0.15) is 0 Å². The first-order valence-electron chi connectivity index (χ1n) is 7.25. The fraction of sp³-hybridized carbons (Fsp3) is 0.929. The minimum absolute atomic E-state index is 0.259. The highest BCUT2D eigenvalue weighted by atomic mass is 16.4. The molecule has 1 N–H and O–H groups in total. The van der Waals surface area contributed by atoms with Gasteiger partial charge in [-0.2, -0.15) is 0 Å². The predicted molar refractivity (Wildman–Crippen MR) is 68.1 cm³/mol. The molecule has 2 aliphatic rings. The Morgan fingerprint density at radius 2 is 1.29 bits per heavy atom. The van der Waals surface area contributed by atoms with Crippen LogP contribution in [0.5, 0.6) is 0 Å². The molecule has 2 fully saturated rings. The van der Waals surface area contributed by atoms with Gasteiger partial charge < -0.3 is 5.11 Å². The van der Waals surface area contributed by atoms with Crippen LogP contribution < -0.4 is 0 Å². The molecule has 3 heteroatoms. The normalized spacial score (nSPS) is 24.1. The van der Waals surface area contributed by atoms with Crippen molar-refractivity contribution in [1.29, 1.82) is 0 Å². The number of carboxylic acids is 1. The van der Waals surface area contributed by atoms with Gasteiger partial charge in [0.25, 0.3) is 0 Å². The van der Waals surface area contributed by atoms with E-state index < -0.39 is 5.97 Å². The molecule has 0 heterocycles. The Labute approximate surface area is 104 Å². The zero-order valence-corrected chi connectivity index (χ0v) is 10.7. The molecule has 98 valence electrons. The number of carboxylic acid groups (broad SMARTS) is 1. The van der Waals surface area contributed by atoms with Crippen molar-refractivity contribution in [3.8, 4) is 0 Å². The van der Waals surface area contributed by atoms with Crippen LogP contribution in [0.15, 0.2) is 0 Å². The maximum absolute atomic E-state index is 11.1. The molecule has 0 aromatic rings. The maximum atomic E-state index is 11.1. The summed E-state index contributed by atoms with van der Waals surface area (Å²) in [5, 5.41) is 9.10. The Morgan fingerprint density at radius 3 is 1.71 bits per heavy atom. The van der Waals surface area contributed by atoms with Crippen molar-refractivity contribution in [2.24, 2.45) is 0 Å². The number of carbonyl (C=O) groups is 1. The van der Waals surface area contributed by atoms with Crippen molar-refractivity contribution in [2.45, 2.75) is 76.3 Å². The van der Waals surface area contributed by atoms with E-state index in [9.17, 15) is 4.79 Å². The van der Waals surface area contributed by atoms with Gasteiger partial charge in [-0.25, -0.2) is 0 Å². The van der Waals surface area contributed by atoms with Crippen molar-refractivity contribution in [3.05, 3.63) is 0 Å². The molecule has 0 aromatic heterocycles. The van der Waals surface area contributed by atoms with E-state index in [2.05, 4.69) is 4.90 Å². The second-order valence-electron chi connectivity index (χ2n) is 5.65. The van der Waals surface area contributed by atoms with Crippen LogP contribution in [0.2, 0.25) is 0 Å². The summed E-state index contributed by atoms with van der Waals surface area (Å²) in [4.78, 5) is 13.4. The highest BCUT2D eigenvalue weighted by molar-refractivity contribution is 5.69. The van der Waals surface area contributed by atoms with Gasteiger partial charge in [0.2, 0.25) is 0 Å². The van der Waals surface area contributed by atoms with Crippen molar-refractivity contribution in [2.75, 3.05) is 6.54 Å². The standard InChI is InChI=1S/C14H25NO2/c16-14(17)11-15(13-9-5-6-10-13)12-7-3-1-2-4-8-12/h12-13H,1-11H2,(H,16,17). The molecule has 2 saturated carbocycles. The molecule has 0 unspecified atom stereocenters. The van der Waals surface area contributed by atoms with Crippen molar-refractivity contribution in [1.82, 2.24) is 4.90 Å². The average molecular weight is 239 g/mol. The summed E-state index contributed by atoms with van der Waals surface area (Å²) >= 11 is 0. The van der Waals surface area contributed by atoms with Gasteiger partial charge in [-0.3, -0.25) is 9.69 Å². The van der Waals surface area contributed by atoms with Gasteiger partial charge in [0, 0.05) is 12.1 Å². The summed E-state index contributed by atoms with van der Waals surface area (Å²) in [6.45, 7) is 0.259. The minimum atomic E-state index is -0.652. The van der Waals surface area contributed by atoms with Gasteiger partial charge >= 0.3 is 5.97 Å². The van der Waals surface area contributed by atoms with Crippen LogP contribution in [0.25, 0.3) is 0 Å². The van der Waals surface area contributed by atoms with Gasteiger partial charge in [0.15, 0.2) is 0 Å². The molecule has 0 aliphatic heterocycles. The van der Waals surface area contributed by atoms with E-state index >= 15 is 0 Å². The molecular weight excluding hydrogens is 214 g/mol. The molecule has 2 rings (SSSR count). The third-order valence-electron chi connectivity index (χ3n) is 4.41. The summed E-state index contributed by atoms with van der Waals surface area (Å²) in [5.74, 6) is -0.652. The smallest absolute Gasteiger partial charge is 0.317 e. The van der Waals surface area contributed by atoms with Crippen LogP contribution in [-0.4, -0.2) is 34.6 Å². The summed E-state index contributed by atoms with van der Waals surface area (Å²) in [5.41, 5.74) is 0. The van der Waals surface area contributed by atoms with Gasteiger partial charge in [-0.05, 0) is 25.7 Å². The molecule has 0 radical (unpaired) electrons. The molecule has 0 amide bonds. The van der Waals surface area contributed by atoms with E-state index in [1.54, 1.807) is 0 Å². The molecule has 2 aliphatic carbocycles. The molecular formula is C14H25NO2. The molecule has 0 spiro atoms. The second-order valence-corrected chi connectivity index (χ2v) is 5.65. The Kier molecular flexibility index (Phi) is 4.84. The highest BCUT2D eigenvalue weighted by Gasteiger charge is 2.30. The lowest BCUT2D eigenvalue weighted by atomic mass is 10.0. The van der Waals surface area contributed by atoms with E-state index in [0.29, 0.717) is 12.1 Å². The van der Waals surface area contributed by atoms with Gasteiger partial charge in [0.05, 0.1) is 6.54 Å². The maximum Gasteiger partial charge on any atom is 0.317 e. The van der Waals surface area contributed by atoms with Gasteiger partial charge in [-0.15, -0.1) is 0 Å². The van der Waals surface area contributed by atoms with Crippen molar-refractivity contribution in [3.63, 3.8) is 0 Å². The topological polar surface area (TPSA) is 40.5 Å². The van der Waals surface area contributed by atoms with Crippen molar-refractivity contribution < 1.29 is 9.90 Å². The van der Waals surface area contributed by atoms with Crippen LogP contribution in [-0.2, 0) is 4.79 Å². The lowest BCUT2D eigenvalue weighted by Crippen LogP contribution is -2.44. The van der Waals surface area contributed by atoms with Crippen LogP contribution in [0.4, 0.5) is 0 Å². The number of hydrogen-bond donors (Lipinski definition) is 1. The summed E-state index contributed by atoms with van der Waals surface area (Å²) in [7, 11) is 0. The second kappa shape index (κ2) is 6.39. The minimum Gasteiger partial charge on any atom is -0.480 e. The average Bonchev–Trinajstić information content (AvgIpc) is 2.68. The zero-order valence-electron chi connectivity index (χ0n) is 10.7. The first-order chi connectivity index (χ1) is 8.27.